The summed E-state index contributed by atoms with van der Waals surface area (Å²) in [4.78, 5) is 29.7. The summed E-state index contributed by atoms with van der Waals surface area (Å²) in [6, 6.07) is 22.5. The van der Waals surface area contributed by atoms with Gasteiger partial charge in [-0.05, 0) is 55.2 Å². The third-order valence-corrected chi connectivity index (χ3v) is 8.73. The molecule has 1 aliphatic rings. The van der Waals surface area contributed by atoms with E-state index in [9.17, 15) is 18.0 Å². The summed E-state index contributed by atoms with van der Waals surface area (Å²) in [6.45, 7) is 1.72. The number of anilines is 1. The van der Waals surface area contributed by atoms with Gasteiger partial charge in [0, 0.05) is 24.0 Å². The average molecular weight is 612 g/mol. The minimum atomic E-state index is -3.90. The fourth-order valence-electron chi connectivity index (χ4n) is 5.24. The molecule has 1 N–H and O–H groups in total. The van der Waals surface area contributed by atoms with Crippen molar-refractivity contribution >= 4 is 39.1 Å². The van der Waals surface area contributed by atoms with Crippen molar-refractivity contribution in [2.75, 3.05) is 23.7 Å². The zero-order valence-corrected chi connectivity index (χ0v) is 25.6. The molecule has 1 aliphatic carbocycles. The summed E-state index contributed by atoms with van der Waals surface area (Å²) in [5.74, 6) is -0.417. The van der Waals surface area contributed by atoms with Crippen LogP contribution in [0.3, 0.4) is 0 Å². The van der Waals surface area contributed by atoms with Gasteiger partial charge >= 0.3 is 0 Å². The van der Waals surface area contributed by atoms with Crippen LogP contribution >= 0.6 is 11.6 Å². The summed E-state index contributed by atoms with van der Waals surface area (Å²) >= 11 is 6.12. The van der Waals surface area contributed by atoms with Crippen molar-refractivity contribution in [1.82, 2.24) is 10.2 Å². The first-order valence-corrected chi connectivity index (χ1v) is 16.5. The molecule has 3 aromatic carbocycles. The van der Waals surface area contributed by atoms with Crippen molar-refractivity contribution in [3.63, 3.8) is 0 Å². The predicted molar refractivity (Wildman–Crippen MR) is 166 cm³/mol. The molecule has 2 amide bonds. The predicted octanol–water partition coefficient (Wildman–Crippen LogP) is 5.20. The van der Waals surface area contributed by atoms with E-state index in [0.29, 0.717) is 17.4 Å². The van der Waals surface area contributed by atoms with Gasteiger partial charge in [0.15, 0.2) is 0 Å². The van der Waals surface area contributed by atoms with Crippen molar-refractivity contribution in [2.45, 2.75) is 57.7 Å². The number of rotatable bonds is 13. The number of amides is 2. The lowest BCUT2D eigenvalue weighted by molar-refractivity contribution is -0.140. The Balaban J connectivity index is 1.73. The zero-order valence-electron chi connectivity index (χ0n) is 24.0. The Hall–Kier alpha value is -3.56. The summed E-state index contributed by atoms with van der Waals surface area (Å²) in [6.07, 6.45) is 5.21. The minimum Gasteiger partial charge on any atom is -0.492 e. The van der Waals surface area contributed by atoms with Crippen LogP contribution in [0.1, 0.15) is 43.7 Å². The summed E-state index contributed by atoms with van der Waals surface area (Å²) in [7, 11) is -3.90. The van der Waals surface area contributed by atoms with Crippen LogP contribution in [-0.2, 0) is 32.6 Å². The van der Waals surface area contributed by atoms with Gasteiger partial charge in [-0.2, -0.15) is 0 Å². The lowest BCUT2D eigenvalue weighted by Crippen LogP contribution is -2.54. The number of halogens is 1. The standard InChI is InChI=1S/C32H38ClN3O5S/c1-3-41-30-16-10-9-15-28(30)36(42(2,39)40)23-31(37)35(22-25-17-19-26(33)20-18-25)29(21-24-11-5-4-6-12-24)32(38)34-27-13-7-8-14-27/h4-6,9-12,15-20,27,29H,3,7-8,13-14,21-23H2,1-2H3,(H,34,38). The molecule has 1 unspecified atom stereocenters. The fourth-order valence-corrected chi connectivity index (χ4v) is 6.22. The molecule has 0 radical (unpaired) electrons. The topological polar surface area (TPSA) is 96.0 Å². The van der Waals surface area contributed by atoms with Crippen LogP contribution < -0.4 is 14.4 Å². The van der Waals surface area contributed by atoms with E-state index in [1.54, 1.807) is 55.5 Å². The zero-order chi connectivity index (χ0) is 30.1. The van der Waals surface area contributed by atoms with Gasteiger partial charge in [-0.25, -0.2) is 8.42 Å². The van der Waals surface area contributed by atoms with E-state index >= 15 is 0 Å². The number of nitrogens with one attached hydrogen (secondary N) is 1. The van der Waals surface area contributed by atoms with E-state index in [1.807, 2.05) is 30.3 Å². The number of nitrogens with zero attached hydrogens (tertiary/aromatic N) is 2. The lowest BCUT2D eigenvalue weighted by atomic mass is 10.0. The van der Waals surface area contributed by atoms with Crippen molar-refractivity contribution in [3.8, 4) is 5.75 Å². The molecule has 0 spiro atoms. The Morgan fingerprint density at radius 1 is 0.952 bits per heavy atom. The van der Waals surface area contributed by atoms with Gasteiger partial charge in [-0.15, -0.1) is 0 Å². The fraction of sp³-hybridized carbons (Fsp3) is 0.375. The van der Waals surface area contributed by atoms with Gasteiger partial charge in [0.25, 0.3) is 0 Å². The van der Waals surface area contributed by atoms with Crippen LogP contribution in [0, 0.1) is 0 Å². The van der Waals surface area contributed by atoms with Gasteiger partial charge in [-0.1, -0.05) is 79.0 Å². The molecule has 10 heteroatoms. The van der Waals surface area contributed by atoms with E-state index in [2.05, 4.69) is 5.32 Å². The molecule has 1 saturated carbocycles. The Morgan fingerprint density at radius 2 is 1.60 bits per heavy atom. The summed E-state index contributed by atoms with van der Waals surface area (Å²) in [5, 5.41) is 3.71. The normalized spacial score (nSPS) is 14.3. The van der Waals surface area contributed by atoms with Crippen LogP contribution in [0.25, 0.3) is 0 Å². The highest BCUT2D eigenvalue weighted by molar-refractivity contribution is 7.92. The summed E-state index contributed by atoms with van der Waals surface area (Å²) < 4.78 is 32.9. The Bertz CT molecular complexity index is 1440. The van der Waals surface area contributed by atoms with Crippen molar-refractivity contribution in [3.05, 3.63) is 95.0 Å². The van der Waals surface area contributed by atoms with Crippen molar-refractivity contribution < 1.29 is 22.7 Å². The van der Waals surface area contributed by atoms with Crippen molar-refractivity contribution in [2.24, 2.45) is 0 Å². The van der Waals surface area contributed by atoms with Crippen LogP contribution in [0.15, 0.2) is 78.9 Å². The number of sulfonamides is 1. The van der Waals surface area contributed by atoms with Gasteiger partial charge in [0.1, 0.15) is 18.3 Å². The lowest BCUT2D eigenvalue weighted by Gasteiger charge is -2.34. The van der Waals surface area contributed by atoms with Gasteiger partial charge in [0.2, 0.25) is 21.8 Å². The second kappa shape index (κ2) is 14.6. The van der Waals surface area contributed by atoms with Gasteiger partial charge < -0.3 is 15.0 Å². The molecule has 4 rings (SSSR count). The first kappa shape index (κ1) is 31.4. The first-order chi connectivity index (χ1) is 20.2. The molecule has 1 fully saturated rings. The van der Waals surface area contributed by atoms with E-state index in [1.165, 1.54) is 4.90 Å². The highest BCUT2D eigenvalue weighted by Crippen LogP contribution is 2.30. The van der Waals surface area contributed by atoms with Crippen LogP contribution in [0.5, 0.6) is 5.75 Å². The quantitative estimate of drug-likeness (QED) is 0.286. The Morgan fingerprint density at radius 3 is 2.24 bits per heavy atom. The van der Waals surface area contributed by atoms with Crippen LogP contribution in [-0.4, -0.2) is 56.6 Å². The van der Waals surface area contributed by atoms with Gasteiger partial charge in [0.05, 0.1) is 18.6 Å². The molecule has 224 valence electrons. The molecule has 8 nitrogen and oxygen atoms in total. The SMILES string of the molecule is CCOc1ccccc1N(CC(=O)N(Cc1ccc(Cl)cc1)C(Cc1ccccc1)C(=O)NC1CCCC1)S(C)(=O)=O. The first-order valence-electron chi connectivity index (χ1n) is 14.2. The molecule has 0 heterocycles. The molecule has 0 bridgehead atoms. The third kappa shape index (κ3) is 8.49. The van der Waals surface area contributed by atoms with Crippen molar-refractivity contribution in [1.29, 1.82) is 0 Å². The number of carbonyl (C=O) groups is 2. The third-order valence-electron chi connectivity index (χ3n) is 7.35. The van der Waals surface area contributed by atoms with E-state index in [0.717, 1.165) is 47.4 Å². The van der Waals surface area contributed by atoms with Gasteiger partial charge in [-0.3, -0.25) is 13.9 Å². The summed E-state index contributed by atoms with van der Waals surface area (Å²) in [5.41, 5.74) is 1.91. The average Bonchev–Trinajstić information content (AvgIpc) is 3.48. The molecule has 42 heavy (non-hydrogen) atoms. The van der Waals surface area contributed by atoms with E-state index in [4.69, 9.17) is 16.3 Å². The number of hydrogen-bond acceptors (Lipinski definition) is 5. The Labute approximate surface area is 253 Å². The second-order valence-corrected chi connectivity index (χ2v) is 12.9. The molecule has 3 aromatic rings. The maximum Gasteiger partial charge on any atom is 0.244 e. The number of benzene rings is 3. The Kier molecular flexibility index (Phi) is 10.9. The second-order valence-electron chi connectivity index (χ2n) is 10.5. The number of carbonyl (C=O) groups excluding carboxylic acids is 2. The maximum absolute atomic E-state index is 14.3. The smallest absolute Gasteiger partial charge is 0.244 e. The van der Waals surface area contributed by atoms with Crippen LogP contribution in [0.4, 0.5) is 5.69 Å². The van der Waals surface area contributed by atoms with E-state index in [-0.39, 0.29) is 30.6 Å². The monoisotopic (exact) mass is 611 g/mol. The molecular weight excluding hydrogens is 574 g/mol. The highest BCUT2D eigenvalue weighted by Gasteiger charge is 2.34. The molecular formula is C32H38ClN3O5S. The number of para-hydroxylation sites is 2. The molecule has 0 aliphatic heterocycles. The molecule has 0 aromatic heterocycles. The van der Waals surface area contributed by atoms with E-state index < -0.39 is 28.5 Å². The largest absolute Gasteiger partial charge is 0.492 e. The molecule has 1 atom stereocenters. The van der Waals surface area contributed by atoms with Crippen LogP contribution in [0.2, 0.25) is 5.02 Å². The minimum absolute atomic E-state index is 0.0499. The highest BCUT2D eigenvalue weighted by atomic mass is 35.5. The molecule has 0 saturated heterocycles. The number of hydrogen-bond donors (Lipinski definition) is 1. The maximum atomic E-state index is 14.3. The number of ether oxygens (including phenoxy) is 1.